The lowest BCUT2D eigenvalue weighted by Crippen LogP contribution is -2.52. The predicted octanol–water partition coefficient (Wildman–Crippen LogP) is 3.27. The van der Waals surface area contributed by atoms with Crippen molar-refractivity contribution in [2.24, 2.45) is 4.99 Å². The number of aliphatic imine (C=N–C) groups is 1. The summed E-state index contributed by atoms with van der Waals surface area (Å²) in [4.78, 5) is 10.7. The number of thiophene rings is 1. The molecule has 0 saturated carbocycles. The number of piperazine rings is 1. The molecule has 2 heterocycles. The van der Waals surface area contributed by atoms with Gasteiger partial charge in [-0.2, -0.15) is 0 Å². The van der Waals surface area contributed by atoms with E-state index >= 15 is 0 Å². The van der Waals surface area contributed by atoms with E-state index in [1.807, 2.05) is 30.5 Å². The Kier molecular flexibility index (Phi) is 8.43. The van der Waals surface area contributed by atoms with Crippen LogP contribution in [0.15, 0.2) is 34.6 Å². The molecule has 1 saturated heterocycles. The number of benzene rings is 1. The van der Waals surface area contributed by atoms with Crippen LogP contribution >= 0.6 is 11.3 Å². The van der Waals surface area contributed by atoms with E-state index in [0.717, 1.165) is 50.8 Å². The molecule has 0 bridgehead atoms. The Morgan fingerprint density at radius 1 is 1.10 bits per heavy atom. The van der Waals surface area contributed by atoms with Gasteiger partial charge in [0.15, 0.2) is 17.5 Å². The number of methoxy groups -OCH3 is 3. The topological polar surface area (TPSA) is 58.6 Å². The fraction of sp³-hybridized carbons (Fsp3) is 0.522. The Hall–Kier alpha value is -2.45. The quantitative estimate of drug-likeness (QED) is 0.496. The molecule has 31 heavy (non-hydrogen) atoms. The Morgan fingerprint density at radius 2 is 1.77 bits per heavy atom. The normalized spacial score (nSPS) is 16.2. The second kappa shape index (κ2) is 11.2. The van der Waals surface area contributed by atoms with Gasteiger partial charge in [-0.1, -0.05) is 13.0 Å². The minimum Gasteiger partial charge on any atom is -0.493 e. The fourth-order valence-electron chi connectivity index (χ4n) is 3.85. The van der Waals surface area contributed by atoms with Gasteiger partial charge >= 0.3 is 0 Å². The van der Waals surface area contributed by atoms with Crippen molar-refractivity contribution < 1.29 is 14.2 Å². The van der Waals surface area contributed by atoms with Gasteiger partial charge in [0.05, 0.1) is 21.3 Å². The first-order valence-corrected chi connectivity index (χ1v) is 11.5. The maximum Gasteiger partial charge on any atom is 0.203 e. The van der Waals surface area contributed by atoms with Crippen molar-refractivity contribution in [3.05, 3.63) is 40.1 Å². The smallest absolute Gasteiger partial charge is 0.203 e. The van der Waals surface area contributed by atoms with Gasteiger partial charge in [0.25, 0.3) is 0 Å². The third-order valence-corrected chi connectivity index (χ3v) is 6.71. The van der Waals surface area contributed by atoms with E-state index in [4.69, 9.17) is 14.2 Å². The summed E-state index contributed by atoms with van der Waals surface area (Å²) in [5, 5.41) is 5.68. The van der Waals surface area contributed by atoms with Crippen molar-refractivity contribution in [3.63, 3.8) is 0 Å². The largest absolute Gasteiger partial charge is 0.493 e. The molecule has 1 aliphatic rings. The first-order valence-electron chi connectivity index (χ1n) is 10.6. The summed E-state index contributed by atoms with van der Waals surface area (Å²) in [6.07, 6.45) is 0. The summed E-state index contributed by atoms with van der Waals surface area (Å²) < 4.78 is 16.4. The van der Waals surface area contributed by atoms with Gasteiger partial charge in [-0.3, -0.25) is 9.89 Å². The van der Waals surface area contributed by atoms with E-state index in [0.29, 0.717) is 23.2 Å². The van der Waals surface area contributed by atoms with Gasteiger partial charge < -0.3 is 24.4 Å². The summed E-state index contributed by atoms with van der Waals surface area (Å²) in [6.45, 7) is 7.80. The second-order valence-electron chi connectivity index (χ2n) is 7.64. The third kappa shape index (κ3) is 5.83. The molecule has 8 heteroatoms. The Bertz CT molecular complexity index is 824. The summed E-state index contributed by atoms with van der Waals surface area (Å²) in [7, 11) is 6.79. The lowest BCUT2D eigenvalue weighted by molar-refractivity contribution is 0.172. The van der Waals surface area contributed by atoms with Crippen LogP contribution in [0.25, 0.3) is 0 Å². The molecular formula is C23H34N4O3S. The van der Waals surface area contributed by atoms with Crippen LogP contribution < -0.4 is 19.5 Å². The molecule has 7 nitrogen and oxygen atoms in total. The molecule has 1 aromatic heterocycles. The SMILES string of the molecule is CN=C(NCC(C)c1cccs1)N1CCN(Cc2cc(OC)c(OC)c(OC)c2)CC1. The molecule has 1 atom stereocenters. The van der Waals surface area contributed by atoms with Crippen LogP contribution in [-0.2, 0) is 6.54 Å². The van der Waals surface area contributed by atoms with Crippen molar-refractivity contribution in [1.82, 2.24) is 15.1 Å². The maximum atomic E-state index is 5.49. The number of hydrogen-bond acceptors (Lipinski definition) is 6. The van der Waals surface area contributed by atoms with E-state index < -0.39 is 0 Å². The van der Waals surface area contributed by atoms with Gasteiger partial charge in [0.1, 0.15) is 0 Å². The maximum absolute atomic E-state index is 5.49. The molecule has 3 rings (SSSR count). The van der Waals surface area contributed by atoms with E-state index in [1.165, 1.54) is 4.88 Å². The van der Waals surface area contributed by atoms with Crippen molar-refractivity contribution >= 4 is 17.3 Å². The van der Waals surface area contributed by atoms with Gasteiger partial charge in [-0.05, 0) is 29.1 Å². The summed E-state index contributed by atoms with van der Waals surface area (Å²) in [5.41, 5.74) is 1.15. The highest BCUT2D eigenvalue weighted by Gasteiger charge is 2.21. The first-order chi connectivity index (χ1) is 15.1. The van der Waals surface area contributed by atoms with Crippen molar-refractivity contribution in [3.8, 4) is 17.2 Å². The zero-order valence-electron chi connectivity index (χ0n) is 19.2. The summed E-state index contributed by atoms with van der Waals surface area (Å²) in [5.74, 6) is 3.47. The molecule has 170 valence electrons. The second-order valence-corrected chi connectivity index (χ2v) is 8.62. The predicted molar refractivity (Wildman–Crippen MR) is 127 cm³/mol. The lowest BCUT2D eigenvalue weighted by Gasteiger charge is -2.36. The minimum atomic E-state index is 0.470. The summed E-state index contributed by atoms with van der Waals surface area (Å²) in [6, 6.07) is 8.36. The minimum absolute atomic E-state index is 0.470. The number of ether oxygens (including phenoxy) is 3. The molecule has 0 aliphatic carbocycles. The number of rotatable bonds is 8. The zero-order chi connectivity index (χ0) is 22.2. The zero-order valence-corrected chi connectivity index (χ0v) is 20.0. The number of nitrogens with zero attached hydrogens (tertiary/aromatic N) is 3. The number of hydrogen-bond donors (Lipinski definition) is 1. The van der Waals surface area contributed by atoms with E-state index in [2.05, 4.69) is 44.5 Å². The summed E-state index contributed by atoms with van der Waals surface area (Å²) >= 11 is 1.81. The number of nitrogens with one attached hydrogen (secondary N) is 1. The van der Waals surface area contributed by atoms with Crippen LogP contribution in [0.1, 0.15) is 23.3 Å². The Morgan fingerprint density at radius 3 is 2.29 bits per heavy atom. The first kappa shape index (κ1) is 23.2. The Labute approximate surface area is 189 Å². The van der Waals surface area contributed by atoms with Crippen molar-refractivity contribution in [2.75, 3.05) is 61.1 Å². The molecule has 1 unspecified atom stereocenters. The lowest BCUT2D eigenvalue weighted by atomic mass is 10.1. The highest BCUT2D eigenvalue weighted by atomic mass is 32.1. The molecule has 2 aromatic rings. The number of guanidine groups is 1. The average Bonchev–Trinajstić information content (AvgIpc) is 3.34. The molecule has 1 N–H and O–H groups in total. The molecule has 1 fully saturated rings. The highest BCUT2D eigenvalue weighted by Crippen LogP contribution is 2.38. The van der Waals surface area contributed by atoms with Crippen LogP contribution in [0.2, 0.25) is 0 Å². The molecule has 1 aliphatic heterocycles. The van der Waals surface area contributed by atoms with Crippen LogP contribution in [0.3, 0.4) is 0 Å². The van der Waals surface area contributed by atoms with Crippen LogP contribution in [0.4, 0.5) is 0 Å². The average molecular weight is 447 g/mol. The highest BCUT2D eigenvalue weighted by molar-refractivity contribution is 7.10. The van der Waals surface area contributed by atoms with Crippen LogP contribution in [0, 0.1) is 0 Å². The van der Waals surface area contributed by atoms with Gasteiger partial charge in [-0.15, -0.1) is 11.3 Å². The van der Waals surface area contributed by atoms with E-state index in [9.17, 15) is 0 Å². The van der Waals surface area contributed by atoms with Gasteiger partial charge in [-0.25, -0.2) is 0 Å². The molecule has 1 aromatic carbocycles. The van der Waals surface area contributed by atoms with Crippen molar-refractivity contribution in [2.45, 2.75) is 19.4 Å². The van der Waals surface area contributed by atoms with E-state index in [-0.39, 0.29) is 0 Å². The van der Waals surface area contributed by atoms with Crippen LogP contribution in [-0.4, -0.2) is 76.9 Å². The third-order valence-electron chi connectivity index (χ3n) is 5.61. The molecule has 0 amide bonds. The van der Waals surface area contributed by atoms with Crippen molar-refractivity contribution in [1.29, 1.82) is 0 Å². The molecule has 0 radical (unpaired) electrons. The van der Waals surface area contributed by atoms with Gasteiger partial charge in [0, 0.05) is 57.1 Å². The Balaban J connectivity index is 1.54. The molecular weight excluding hydrogens is 412 g/mol. The molecule has 0 spiro atoms. The van der Waals surface area contributed by atoms with Crippen LogP contribution in [0.5, 0.6) is 17.2 Å². The fourth-order valence-corrected chi connectivity index (χ4v) is 4.64. The monoisotopic (exact) mass is 446 g/mol. The standard InChI is InChI=1S/C23H34N4O3S/c1-17(21-7-6-12-31-21)15-25-23(24-2)27-10-8-26(9-11-27)16-18-13-19(28-3)22(30-5)20(14-18)29-4/h6-7,12-14,17H,8-11,15-16H2,1-5H3,(H,24,25). The van der Waals surface area contributed by atoms with E-state index in [1.54, 1.807) is 21.3 Å². The van der Waals surface area contributed by atoms with Gasteiger partial charge in [0.2, 0.25) is 5.75 Å².